The first-order valence-corrected chi connectivity index (χ1v) is 8.16. The first-order valence-electron chi connectivity index (χ1n) is 8.16. The molecule has 0 radical (unpaired) electrons. The number of primary amides is 1. The number of nitrogens with zero attached hydrogens (tertiary/aromatic N) is 4. The molecule has 0 saturated carbocycles. The smallest absolute Gasteiger partial charge is 0.249 e. The Morgan fingerprint density at radius 3 is 2.78 bits per heavy atom. The average Bonchev–Trinajstić information content (AvgIpc) is 3.14. The van der Waals surface area contributed by atoms with Gasteiger partial charge < -0.3 is 15.2 Å². The highest BCUT2D eigenvalue weighted by Crippen LogP contribution is 2.33. The second-order valence-electron chi connectivity index (χ2n) is 6.41. The van der Waals surface area contributed by atoms with E-state index in [9.17, 15) is 9.59 Å². The molecular formula is C15H23N5O3. The fraction of sp³-hybridized carbons (Fsp3) is 0.733. The van der Waals surface area contributed by atoms with E-state index in [4.69, 9.17) is 10.3 Å². The van der Waals surface area contributed by atoms with Crippen LogP contribution in [0, 0.1) is 12.8 Å². The van der Waals surface area contributed by atoms with Gasteiger partial charge in [-0.1, -0.05) is 5.16 Å². The van der Waals surface area contributed by atoms with Crippen molar-refractivity contribution in [3.8, 4) is 0 Å². The summed E-state index contributed by atoms with van der Waals surface area (Å²) in [5.74, 6) is 0.798. The van der Waals surface area contributed by atoms with Gasteiger partial charge in [-0.2, -0.15) is 4.98 Å². The predicted octanol–water partition coefficient (Wildman–Crippen LogP) is 0.239. The summed E-state index contributed by atoms with van der Waals surface area (Å²) in [5, 5.41) is 3.83. The van der Waals surface area contributed by atoms with Crippen molar-refractivity contribution in [2.75, 3.05) is 26.2 Å². The van der Waals surface area contributed by atoms with E-state index >= 15 is 0 Å². The molecule has 0 aromatic carbocycles. The predicted molar refractivity (Wildman–Crippen MR) is 81.1 cm³/mol. The minimum absolute atomic E-state index is 0.0901. The van der Waals surface area contributed by atoms with Crippen LogP contribution in [0.1, 0.15) is 43.4 Å². The minimum atomic E-state index is -0.349. The third-order valence-electron chi connectivity index (χ3n) is 4.60. The molecule has 0 aliphatic carbocycles. The molecular weight excluding hydrogens is 298 g/mol. The van der Waals surface area contributed by atoms with Crippen LogP contribution in [0.15, 0.2) is 4.52 Å². The van der Waals surface area contributed by atoms with Crippen molar-refractivity contribution in [3.63, 3.8) is 0 Å². The van der Waals surface area contributed by atoms with E-state index in [1.54, 1.807) is 6.92 Å². The quantitative estimate of drug-likeness (QED) is 0.851. The van der Waals surface area contributed by atoms with Crippen LogP contribution in [0.2, 0.25) is 0 Å². The standard InChI is InChI=1S/C15H23N5O3/c1-10-17-14(23-18-10)12-5-3-7-20(12)15(22)11-4-2-6-19(8-11)9-13(16)21/h11-12H,2-9H2,1H3,(H2,16,21)/t11?,12-/m0/s1. The van der Waals surface area contributed by atoms with Gasteiger partial charge in [-0.15, -0.1) is 0 Å². The highest BCUT2D eigenvalue weighted by atomic mass is 16.5. The van der Waals surface area contributed by atoms with Crippen molar-refractivity contribution in [1.29, 1.82) is 0 Å². The van der Waals surface area contributed by atoms with Crippen molar-refractivity contribution >= 4 is 11.8 Å². The number of hydrogen-bond donors (Lipinski definition) is 1. The van der Waals surface area contributed by atoms with Gasteiger partial charge in [-0.25, -0.2) is 0 Å². The van der Waals surface area contributed by atoms with E-state index in [1.807, 2.05) is 9.80 Å². The van der Waals surface area contributed by atoms with Crippen LogP contribution < -0.4 is 5.73 Å². The van der Waals surface area contributed by atoms with Crippen molar-refractivity contribution < 1.29 is 14.1 Å². The van der Waals surface area contributed by atoms with Crippen LogP contribution in [-0.4, -0.2) is 57.9 Å². The first kappa shape index (κ1) is 15.9. The minimum Gasteiger partial charge on any atom is -0.369 e. The van der Waals surface area contributed by atoms with Crippen LogP contribution in [0.3, 0.4) is 0 Å². The maximum Gasteiger partial charge on any atom is 0.249 e. The lowest BCUT2D eigenvalue weighted by Gasteiger charge is -2.34. The summed E-state index contributed by atoms with van der Waals surface area (Å²) in [4.78, 5) is 32.1. The maximum atomic E-state index is 12.9. The number of piperidine rings is 1. The zero-order valence-corrected chi connectivity index (χ0v) is 13.4. The summed E-state index contributed by atoms with van der Waals surface area (Å²) < 4.78 is 5.26. The zero-order chi connectivity index (χ0) is 16.4. The van der Waals surface area contributed by atoms with Crippen LogP contribution in [-0.2, 0) is 9.59 Å². The molecule has 3 rings (SSSR count). The highest BCUT2D eigenvalue weighted by Gasteiger charge is 2.38. The van der Waals surface area contributed by atoms with Gasteiger partial charge in [-0.05, 0) is 39.2 Å². The van der Waals surface area contributed by atoms with Crippen LogP contribution in [0.25, 0.3) is 0 Å². The molecule has 2 N–H and O–H groups in total. The number of likely N-dealkylation sites (tertiary alicyclic amines) is 2. The number of carbonyl (C=O) groups excluding carboxylic acids is 2. The summed E-state index contributed by atoms with van der Waals surface area (Å²) in [6.07, 6.45) is 3.54. The Kier molecular flexibility index (Phi) is 4.61. The van der Waals surface area contributed by atoms with Crippen molar-refractivity contribution in [2.45, 2.75) is 38.6 Å². The molecule has 0 spiro atoms. The first-order chi connectivity index (χ1) is 11.0. The molecule has 1 aromatic rings. The Balaban J connectivity index is 1.67. The van der Waals surface area contributed by atoms with Crippen LogP contribution >= 0.6 is 0 Å². The summed E-state index contributed by atoms with van der Waals surface area (Å²) in [6.45, 7) is 4.12. The average molecular weight is 321 g/mol. The third kappa shape index (κ3) is 3.52. The van der Waals surface area contributed by atoms with Gasteiger partial charge in [0.25, 0.3) is 0 Å². The molecule has 8 heteroatoms. The Bertz CT molecular complexity index is 587. The van der Waals surface area contributed by atoms with Crippen LogP contribution in [0.4, 0.5) is 0 Å². The van der Waals surface area contributed by atoms with E-state index in [-0.39, 0.29) is 30.3 Å². The Morgan fingerprint density at radius 1 is 1.30 bits per heavy atom. The molecule has 2 aliphatic rings. The van der Waals surface area contributed by atoms with Crippen molar-refractivity contribution in [1.82, 2.24) is 19.9 Å². The van der Waals surface area contributed by atoms with Gasteiger partial charge in [0, 0.05) is 13.1 Å². The van der Waals surface area contributed by atoms with Gasteiger partial charge in [-0.3, -0.25) is 14.5 Å². The topological polar surface area (TPSA) is 106 Å². The van der Waals surface area contributed by atoms with Gasteiger partial charge in [0.2, 0.25) is 17.7 Å². The molecule has 1 aromatic heterocycles. The Labute approximate surface area is 135 Å². The molecule has 2 saturated heterocycles. The molecule has 0 bridgehead atoms. The van der Waals surface area contributed by atoms with E-state index in [1.165, 1.54) is 0 Å². The molecule has 3 heterocycles. The Morgan fingerprint density at radius 2 is 2.09 bits per heavy atom. The summed E-state index contributed by atoms with van der Waals surface area (Å²) in [7, 11) is 0. The van der Waals surface area contributed by atoms with Crippen molar-refractivity contribution in [3.05, 3.63) is 11.7 Å². The number of nitrogens with two attached hydrogens (primary N) is 1. The number of aryl methyl sites for hydroxylation is 1. The summed E-state index contributed by atoms with van der Waals surface area (Å²) >= 11 is 0. The van der Waals surface area contributed by atoms with E-state index < -0.39 is 0 Å². The Hall–Kier alpha value is -1.96. The summed E-state index contributed by atoms with van der Waals surface area (Å²) in [5.41, 5.74) is 5.26. The second kappa shape index (κ2) is 6.66. The second-order valence-corrected chi connectivity index (χ2v) is 6.41. The monoisotopic (exact) mass is 321 g/mol. The lowest BCUT2D eigenvalue weighted by Crippen LogP contribution is -2.46. The highest BCUT2D eigenvalue weighted by molar-refractivity contribution is 5.80. The van der Waals surface area contributed by atoms with Crippen LogP contribution in [0.5, 0.6) is 0 Å². The molecule has 2 amide bonds. The normalized spacial score (nSPS) is 25.7. The molecule has 2 fully saturated rings. The van der Waals surface area contributed by atoms with E-state index in [2.05, 4.69) is 10.1 Å². The number of aromatic nitrogens is 2. The van der Waals surface area contributed by atoms with Gasteiger partial charge in [0.15, 0.2) is 5.82 Å². The number of rotatable bonds is 4. The summed E-state index contributed by atoms with van der Waals surface area (Å²) in [6, 6.07) is -0.116. The molecule has 2 aliphatic heterocycles. The fourth-order valence-corrected chi connectivity index (χ4v) is 3.59. The molecule has 23 heavy (non-hydrogen) atoms. The molecule has 126 valence electrons. The fourth-order valence-electron chi connectivity index (χ4n) is 3.59. The maximum absolute atomic E-state index is 12.9. The van der Waals surface area contributed by atoms with Gasteiger partial charge >= 0.3 is 0 Å². The SMILES string of the molecule is Cc1noc([C@@H]2CCCN2C(=O)C2CCCN(CC(N)=O)C2)n1. The number of carbonyl (C=O) groups is 2. The number of hydrogen-bond acceptors (Lipinski definition) is 6. The molecule has 1 unspecified atom stereocenters. The van der Waals surface area contributed by atoms with E-state index in [0.717, 1.165) is 38.8 Å². The molecule has 8 nitrogen and oxygen atoms in total. The number of amides is 2. The van der Waals surface area contributed by atoms with Crippen molar-refractivity contribution in [2.24, 2.45) is 11.7 Å². The third-order valence-corrected chi connectivity index (χ3v) is 4.60. The lowest BCUT2D eigenvalue weighted by molar-refractivity contribution is -0.139. The lowest BCUT2D eigenvalue weighted by atomic mass is 9.96. The zero-order valence-electron chi connectivity index (χ0n) is 13.4. The van der Waals surface area contributed by atoms with Gasteiger partial charge in [0.1, 0.15) is 6.04 Å². The largest absolute Gasteiger partial charge is 0.369 e. The van der Waals surface area contributed by atoms with E-state index in [0.29, 0.717) is 18.3 Å². The van der Waals surface area contributed by atoms with Gasteiger partial charge in [0.05, 0.1) is 12.5 Å². The molecule has 2 atom stereocenters.